The number of nitrogens with one attached hydrogen (secondary N) is 2. The molecule has 9 heteroatoms. The first-order valence-electron chi connectivity index (χ1n) is 6.90. The Morgan fingerprint density at radius 1 is 1.35 bits per heavy atom. The number of rotatable bonds is 5. The summed E-state index contributed by atoms with van der Waals surface area (Å²) < 4.78 is 16.4. The summed E-state index contributed by atoms with van der Waals surface area (Å²) in [6.45, 7) is 3.74. The van der Waals surface area contributed by atoms with Gasteiger partial charge in [0.05, 0.1) is 18.6 Å². The summed E-state index contributed by atoms with van der Waals surface area (Å²) >= 11 is 0. The van der Waals surface area contributed by atoms with Gasteiger partial charge in [-0.15, -0.1) is 5.10 Å². The van der Waals surface area contributed by atoms with Gasteiger partial charge in [-0.3, -0.25) is 10.1 Å². The molecule has 0 radical (unpaired) electrons. The Kier molecular flexibility index (Phi) is 3.83. The highest BCUT2D eigenvalue weighted by atomic mass is 16.6. The predicted molar refractivity (Wildman–Crippen MR) is 80.7 cm³/mol. The van der Waals surface area contributed by atoms with Crippen molar-refractivity contribution in [2.45, 2.75) is 20.0 Å². The third-order valence-corrected chi connectivity index (χ3v) is 3.01. The molecular weight excluding hydrogens is 302 g/mol. The fraction of sp³-hybridized carbons (Fsp3) is 0.286. The number of methoxy groups -OCH3 is 1. The minimum atomic E-state index is -0.511. The Labute approximate surface area is 131 Å². The zero-order valence-corrected chi connectivity index (χ0v) is 12.8. The van der Waals surface area contributed by atoms with Gasteiger partial charge in [0.1, 0.15) is 5.75 Å². The second-order valence-corrected chi connectivity index (χ2v) is 4.99. The molecule has 120 valence electrons. The summed E-state index contributed by atoms with van der Waals surface area (Å²) in [5.41, 5.74) is 0. The number of aromatic nitrogens is 4. The molecule has 23 heavy (non-hydrogen) atoms. The number of H-pyrrole nitrogens is 1. The predicted octanol–water partition coefficient (Wildman–Crippen LogP) is 1.99. The largest absolute Gasteiger partial charge is 0.497 e. The number of nitrogens with zero attached hydrogens (tertiary/aromatic N) is 3. The van der Waals surface area contributed by atoms with Gasteiger partial charge in [0.15, 0.2) is 0 Å². The average molecular weight is 317 g/mol. The van der Waals surface area contributed by atoms with Crippen molar-refractivity contribution < 1.29 is 18.7 Å². The van der Waals surface area contributed by atoms with Crippen LogP contribution in [-0.4, -0.2) is 39.7 Å². The monoisotopic (exact) mass is 317 g/mol. The van der Waals surface area contributed by atoms with Crippen molar-refractivity contribution in [3.63, 3.8) is 0 Å². The molecule has 0 spiro atoms. The van der Waals surface area contributed by atoms with E-state index in [1.807, 2.05) is 13.8 Å². The van der Waals surface area contributed by atoms with E-state index in [4.69, 9.17) is 13.9 Å². The number of ether oxygens (including phenoxy) is 2. The maximum absolute atomic E-state index is 12.4. The van der Waals surface area contributed by atoms with E-state index in [1.165, 1.54) is 0 Å². The molecule has 3 aromatic rings. The van der Waals surface area contributed by atoms with Crippen LogP contribution in [0.2, 0.25) is 0 Å². The Bertz CT molecular complexity index is 825. The minimum Gasteiger partial charge on any atom is -0.497 e. The van der Waals surface area contributed by atoms with Crippen molar-refractivity contribution in [1.82, 2.24) is 20.6 Å². The molecule has 3 rings (SSSR count). The summed E-state index contributed by atoms with van der Waals surface area (Å²) in [6.07, 6.45) is -0.0976. The Morgan fingerprint density at radius 2 is 2.17 bits per heavy atom. The van der Waals surface area contributed by atoms with Crippen LogP contribution in [0.3, 0.4) is 0 Å². The molecule has 2 aromatic heterocycles. The SMILES string of the molecule is COc1ccc2c(OC(C)C)oc(C(=O)Nc3nn[nH]n3)c2c1. The number of hydrogen-bond acceptors (Lipinski definition) is 7. The summed E-state index contributed by atoms with van der Waals surface area (Å²) in [5, 5.41) is 16.7. The zero-order valence-electron chi connectivity index (χ0n) is 12.8. The molecule has 2 heterocycles. The third kappa shape index (κ3) is 2.93. The van der Waals surface area contributed by atoms with Crippen LogP contribution in [-0.2, 0) is 0 Å². The average Bonchev–Trinajstić information content (AvgIpc) is 3.14. The van der Waals surface area contributed by atoms with Crippen molar-refractivity contribution >= 4 is 22.6 Å². The number of fused-ring (bicyclic) bond motifs is 1. The number of furan rings is 1. The molecular formula is C14H15N5O4. The van der Waals surface area contributed by atoms with E-state index < -0.39 is 5.91 Å². The lowest BCUT2D eigenvalue weighted by molar-refractivity contribution is 0.0983. The standard InChI is InChI=1S/C14H15N5O4/c1-7(2)22-13-9-5-4-8(21-3)6-10(9)11(23-13)12(20)15-14-16-18-19-17-14/h4-7H,1-3H3,(H2,15,16,17,18,19,20). The van der Waals surface area contributed by atoms with Gasteiger partial charge < -0.3 is 13.9 Å². The topological polar surface area (TPSA) is 115 Å². The highest BCUT2D eigenvalue weighted by molar-refractivity contribution is 6.11. The third-order valence-electron chi connectivity index (χ3n) is 3.01. The Morgan fingerprint density at radius 3 is 2.83 bits per heavy atom. The molecule has 1 amide bonds. The summed E-state index contributed by atoms with van der Waals surface area (Å²) in [5.74, 6) is 0.496. The number of carbonyl (C=O) groups excluding carboxylic acids is 1. The van der Waals surface area contributed by atoms with E-state index in [9.17, 15) is 4.79 Å². The van der Waals surface area contributed by atoms with Gasteiger partial charge in [0.25, 0.3) is 17.8 Å². The quantitative estimate of drug-likeness (QED) is 0.739. The fourth-order valence-corrected chi connectivity index (χ4v) is 2.06. The van der Waals surface area contributed by atoms with Crippen LogP contribution in [0.4, 0.5) is 5.95 Å². The van der Waals surface area contributed by atoms with Gasteiger partial charge in [0.2, 0.25) is 5.76 Å². The van der Waals surface area contributed by atoms with E-state index in [1.54, 1.807) is 25.3 Å². The van der Waals surface area contributed by atoms with E-state index >= 15 is 0 Å². The van der Waals surface area contributed by atoms with Gasteiger partial charge in [-0.1, -0.05) is 5.10 Å². The lowest BCUT2D eigenvalue weighted by Crippen LogP contribution is -2.12. The van der Waals surface area contributed by atoms with Crippen molar-refractivity contribution in [2.75, 3.05) is 12.4 Å². The van der Waals surface area contributed by atoms with E-state index in [0.29, 0.717) is 16.5 Å². The molecule has 0 aliphatic carbocycles. The minimum absolute atomic E-state index is 0.0498. The van der Waals surface area contributed by atoms with Gasteiger partial charge in [-0.05, 0) is 37.3 Å². The molecule has 0 bridgehead atoms. The second kappa shape index (κ2) is 5.95. The number of hydrogen-bond donors (Lipinski definition) is 2. The fourth-order valence-electron chi connectivity index (χ4n) is 2.06. The second-order valence-electron chi connectivity index (χ2n) is 4.99. The number of amides is 1. The van der Waals surface area contributed by atoms with E-state index in [-0.39, 0.29) is 23.8 Å². The number of aromatic amines is 1. The van der Waals surface area contributed by atoms with Crippen LogP contribution in [0.1, 0.15) is 24.4 Å². The summed E-state index contributed by atoms with van der Waals surface area (Å²) in [6, 6.07) is 5.25. The normalized spacial score (nSPS) is 11.0. The molecule has 0 aliphatic heterocycles. The lowest BCUT2D eigenvalue weighted by atomic mass is 10.1. The van der Waals surface area contributed by atoms with Gasteiger partial charge in [0, 0.05) is 5.39 Å². The molecule has 1 aromatic carbocycles. The van der Waals surface area contributed by atoms with Gasteiger partial charge in [-0.25, -0.2) is 0 Å². The molecule has 9 nitrogen and oxygen atoms in total. The zero-order chi connectivity index (χ0) is 16.4. The van der Waals surface area contributed by atoms with Crippen molar-refractivity contribution in [2.24, 2.45) is 0 Å². The number of tetrazole rings is 1. The summed E-state index contributed by atoms with van der Waals surface area (Å²) in [4.78, 5) is 12.4. The van der Waals surface area contributed by atoms with Crippen LogP contribution in [0.5, 0.6) is 11.7 Å². The molecule has 0 aliphatic rings. The maximum atomic E-state index is 12.4. The van der Waals surface area contributed by atoms with Gasteiger partial charge >= 0.3 is 0 Å². The van der Waals surface area contributed by atoms with E-state index in [0.717, 1.165) is 0 Å². The van der Waals surface area contributed by atoms with Crippen LogP contribution in [0, 0.1) is 0 Å². The number of benzene rings is 1. The highest BCUT2D eigenvalue weighted by Gasteiger charge is 2.22. The lowest BCUT2D eigenvalue weighted by Gasteiger charge is -2.06. The molecule has 0 atom stereocenters. The first-order valence-corrected chi connectivity index (χ1v) is 6.90. The molecule has 0 saturated carbocycles. The van der Waals surface area contributed by atoms with Crippen LogP contribution >= 0.6 is 0 Å². The smallest absolute Gasteiger partial charge is 0.294 e. The molecule has 2 N–H and O–H groups in total. The van der Waals surface area contributed by atoms with Crippen LogP contribution < -0.4 is 14.8 Å². The first kappa shape index (κ1) is 14.8. The summed E-state index contributed by atoms with van der Waals surface area (Å²) in [7, 11) is 1.55. The van der Waals surface area contributed by atoms with Crippen molar-refractivity contribution in [1.29, 1.82) is 0 Å². The molecule has 0 fully saturated rings. The number of carbonyl (C=O) groups is 1. The van der Waals surface area contributed by atoms with Crippen molar-refractivity contribution in [3.05, 3.63) is 24.0 Å². The maximum Gasteiger partial charge on any atom is 0.294 e. The Hall–Kier alpha value is -3.10. The van der Waals surface area contributed by atoms with Crippen LogP contribution in [0.15, 0.2) is 22.6 Å². The first-order chi connectivity index (χ1) is 11.1. The van der Waals surface area contributed by atoms with Crippen LogP contribution in [0.25, 0.3) is 10.8 Å². The van der Waals surface area contributed by atoms with Crippen molar-refractivity contribution in [3.8, 4) is 11.7 Å². The molecule has 0 saturated heterocycles. The Balaban J connectivity index is 2.05. The van der Waals surface area contributed by atoms with Gasteiger partial charge in [-0.2, -0.15) is 5.21 Å². The van der Waals surface area contributed by atoms with E-state index in [2.05, 4.69) is 25.9 Å². The molecule has 0 unspecified atom stereocenters. The highest BCUT2D eigenvalue weighted by Crippen LogP contribution is 2.35. The number of anilines is 1.